The molecule has 0 unspecified atom stereocenters. The van der Waals surface area contributed by atoms with Gasteiger partial charge in [-0.25, -0.2) is 4.68 Å². The summed E-state index contributed by atoms with van der Waals surface area (Å²) in [6.45, 7) is 7.75. The summed E-state index contributed by atoms with van der Waals surface area (Å²) in [6.07, 6.45) is 4.55. The molecule has 4 rings (SSSR count). The van der Waals surface area contributed by atoms with Crippen molar-refractivity contribution >= 4 is 17.6 Å². The number of piperazine rings is 1. The molecule has 176 valence electrons. The highest BCUT2D eigenvalue weighted by Crippen LogP contribution is 2.20. The van der Waals surface area contributed by atoms with Gasteiger partial charge in [-0.2, -0.15) is 5.10 Å². The molecule has 0 spiro atoms. The van der Waals surface area contributed by atoms with E-state index in [0.717, 1.165) is 31.6 Å². The van der Waals surface area contributed by atoms with Crippen LogP contribution in [-0.2, 0) is 9.59 Å². The predicted octanol–water partition coefficient (Wildman–Crippen LogP) is 2.22. The maximum atomic E-state index is 13.1. The standard InChI is InChI=1S/C25H33N5O3/c1-19-23(20(2)30(26-19)21-10-6-5-7-11-21)24(32)25(33)29-16-14-27(15-17-29)18-22(31)28-12-8-3-4-9-13-28/h5-7,10-11H,3-4,8-9,12-18H2,1-2H3. The average molecular weight is 452 g/mol. The van der Waals surface area contributed by atoms with Gasteiger partial charge < -0.3 is 9.80 Å². The number of likely N-dealkylation sites (tertiary alicyclic amines) is 1. The van der Waals surface area contributed by atoms with Crippen molar-refractivity contribution in [3.63, 3.8) is 0 Å². The zero-order valence-electron chi connectivity index (χ0n) is 19.6. The number of nitrogens with zero attached hydrogens (tertiary/aromatic N) is 5. The Morgan fingerprint density at radius 1 is 0.818 bits per heavy atom. The van der Waals surface area contributed by atoms with E-state index in [0.29, 0.717) is 49.7 Å². The van der Waals surface area contributed by atoms with Gasteiger partial charge in [0.25, 0.3) is 11.7 Å². The van der Waals surface area contributed by atoms with E-state index >= 15 is 0 Å². The number of hydrogen-bond donors (Lipinski definition) is 0. The highest BCUT2D eigenvalue weighted by molar-refractivity contribution is 6.43. The van der Waals surface area contributed by atoms with Gasteiger partial charge in [0.05, 0.1) is 29.2 Å². The highest BCUT2D eigenvalue weighted by atomic mass is 16.2. The lowest BCUT2D eigenvalue weighted by atomic mass is 10.1. The number of aromatic nitrogens is 2. The lowest BCUT2D eigenvalue weighted by Crippen LogP contribution is -2.53. The Labute approximate surface area is 195 Å². The fourth-order valence-corrected chi connectivity index (χ4v) is 4.76. The summed E-state index contributed by atoms with van der Waals surface area (Å²) < 4.78 is 1.71. The lowest BCUT2D eigenvalue weighted by molar-refractivity contribution is -0.133. The van der Waals surface area contributed by atoms with Crippen LogP contribution in [0.2, 0.25) is 0 Å². The Balaban J connectivity index is 1.36. The summed E-state index contributed by atoms with van der Waals surface area (Å²) in [4.78, 5) is 44.5. The third-order valence-corrected chi connectivity index (χ3v) is 6.69. The first-order valence-electron chi connectivity index (χ1n) is 11.9. The van der Waals surface area contributed by atoms with Gasteiger partial charge >= 0.3 is 0 Å². The maximum Gasteiger partial charge on any atom is 0.295 e. The molecule has 1 aromatic heterocycles. The molecular weight excluding hydrogens is 418 g/mol. The summed E-state index contributed by atoms with van der Waals surface area (Å²) in [5, 5.41) is 4.50. The van der Waals surface area contributed by atoms with E-state index in [2.05, 4.69) is 10.00 Å². The Bertz CT molecular complexity index is 1000. The van der Waals surface area contributed by atoms with Crippen molar-refractivity contribution in [3.05, 3.63) is 47.3 Å². The van der Waals surface area contributed by atoms with Crippen LogP contribution >= 0.6 is 0 Å². The van der Waals surface area contributed by atoms with Crippen molar-refractivity contribution in [2.75, 3.05) is 45.8 Å². The van der Waals surface area contributed by atoms with Gasteiger partial charge in [-0.15, -0.1) is 0 Å². The Morgan fingerprint density at radius 2 is 1.45 bits per heavy atom. The summed E-state index contributed by atoms with van der Waals surface area (Å²) in [6, 6.07) is 9.58. The molecule has 3 heterocycles. The van der Waals surface area contributed by atoms with Crippen LogP contribution in [0.1, 0.15) is 47.4 Å². The smallest absolute Gasteiger partial charge is 0.295 e. The van der Waals surface area contributed by atoms with Crippen molar-refractivity contribution in [1.29, 1.82) is 0 Å². The van der Waals surface area contributed by atoms with E-state index < -0.39 is 11.7 Å². The maximum absolute atomic E-state index is 13.1. The highest BCUT2D eigenvalue weighted by Gasteiger charge is 2.31. The van der Waals surface area contributed by atoms with Gasteiger partial charge in [-0.05, 0) is 38.8 Å². The van der Waals surface area contributed by atoms with Crippen LogP contribution in [0.15, 0.2) is 30.3 Å². The van der Waals surface area contributed by atoms with E-state index in [1.807, 2.05) is 42.2 Å². The van der Waals surface area contributed by atoms with Crippen LogP contribution < -0.4 is 0 Å². The second-order valence-corrected chi connectivity index (χ2v) is 8.99. The molecule has 0 saturated carbocycles. The summed E-state index contributed by atoms with van der Waals surface area (Å²) in [7, 11) is 0. The number of rotatable bonds is 5. The largest absolute Gasteiger partial charge is 0.342 e. The first kappa shape index (κ1) is 23.2. The third kappa shape index (κ3) is 5.16. The fraction of sp³-hybridized carbons (Fsp3) is 0.520. The second-order valence-electron chi connectivity index (χ2n) is 8.99. The molecule has 0 bridgehead atoms. The van der Waals surface area contributed by atoms with Crippen LogP contribution in [0.25, 0.3) is 5.69 Å². The van der Waals surface area contributed by atoms with Crippen molar-refractivity contribution in [3.8, 4) is 5.69 Å². The van der Waals surface area contributed by atoms with Crippen LogP contribution in [0, 0.1) is 13.8 Å². The number of aryl methyl sites for hydroxylation is 1. The molecule has 8 heteroatoms. The molecule has 2 aliphatic rings. The number of para-hydroxylation sites is 1. The van der Waals surface area contributed by atoms with Crippen LogP contribution in [0.3, 0.4) is 0 Å². The first-order valence-corrected chi connectivity index (χ1v) is 11.9. The van der Waals surface area contributed by atoms with Gasteiger partial charge in [0.15, 0.2) is 0 Å². The molecule has 2 aromatic rings. The third-order valence-electron chi connectivity index (χ3n) is 6.69. The van der Waals surface area contributed by atoms with E-state index in [4.69, 9.17) is 0 Å². The van der Waals surface area contributed by atoms with Crippen molar-refractivity contribution in [1.82, 2.24) is 24.5 Å². The molecular formula is C25H33N5O3. The van der Waals surface area contributed by atoms with Gasteiger partial charge in [-0.3, -0.25) is 19.3 Å². The van der Waals surface area contributed by atoms with Crippen molar-refractivity contribution < 1.29 is 14.4 Å². The number of carbonyl (C=O) groups excluding carboxylic acids is 3. The Morgan fingerprint density at radius 3 is 2.09 bits per heavy atom. The average Bonchev–Trinajstić information content (AvgIpc) is 3.00. The topological polar surface area (TPSA) is 78.8 Å². The van der Waals surface area contributed by atoms with E-state index in [1.165, 1.54) is 12.8 Å². The van der Waals surface area contributed by atoms with Gasteiger partial charge in [0.1, 0.15) is 0 Å². The molecule has 0 radical (unpaired) electrons. The predicted molar refractivity (Wildman–Crippen MR) is 125 cm³/mol. The number of hydrogen-bond acceptors (Lipinski definition) is 5. The summed E-state index contributed by atoms with van der Waals surface area (Å²) >= 11 is 0. The van der Waals surface area contributed by atoms with E-state index in [1.54, 1.807) is 16.5 Å². The van der Waals surface area contributed by atoms with Crippen molar-refractivity contribution in [2.24, 2.45) is 0 Å². The monoisotopic (exact) mass is 451 g/mol. The van der Waals surface area contributed by atoms with Gasteiger partial charge in [-0.1, -0.05) is 31.0 Å². The number of ketones is 1. The minimum absolute atomic E-state index is 0.173. The number of benzene rings is 1. The number of Topliss-reactive ketones (excluding diaryl/α,β-unsaturated/α-hetero) is 1. The van der Waals surface area contributed by atoms with Crippen molar-refractivity contribution in [2.45, 2.75) is 39.5 Å². The number of carbonyl (C=O) groups is 3. The fourth-order valence-electron chi connectivity index (χ4n) is 4.76. The first-order chi connectivity index (χ1) is 16.0. The summed E-state index contributed by atoms with van der Waals surface area (Å²) in [5.74, 6) is -0.832. The Hall–Kier alpha value is -3.00. The lowest BCUT2D eigenvalue weighted by Gasteiger charge is -2.35. The molecule has 1 aromatic carbocycles. The minimum atomic E-state index is -0.513. The molecule has 2 saturated heterocycles. The number of amides is 2. The quantitative estimate of drug-likeness (QED) is 0.515. The Kier molecular flexibility index (Phi) is 7.23. The minimum Gasteiger partial charge on any atom is -0.342 e. The van der Waals surface area contributed by atoms with Gasteiger partial charge in [0, 0.05) is 39.3 Å². The molecule has 2 amide bonds. The normalized spacial score (nSPS) is 17.6. The van der Waals surface area contributed by atoms with Crippen LogP contribution in [0.5, 0.6) is 0 Å². The molecule has 0 aliphatic carbocycles. The molecule has 2 fully saturated rings. The van der Waals surface area contributed by atoms with Gasteiger partial charge in [0.2, 0.25) is 5.91 Å². The zero-order chi connectivity index (χ0) is 23.4. The zero-order valence-corrected chi connectivity index (χ0v) is 19.6. The molecule has 33 heavy (non-hydrogen) atoms. The molecule has 8 nitrogen and oxygen atoms in total. The van der Waals surface area contributed by atoms with E-state index in [-0.39, 0.29) is 5.91 Å². The SMILES string of the molecule is Cc1nn(-c2ccccc2)c(C)c1C(=O)C(=O)N1CCN(CC(=O)N2CCCCCC2)CC1. The molecule has 2 aliphatic heterocycles. The van der Waals surface area contributed by atoms with Crippen LogP contribution in [-0.4, -0.2) is 87.9 Å². The molecule has 0 atom stereocenters. The summed E-state index contributed by atoms with van der Waals surface area (Å²) in [5.41, 5.74) is 2.45. The van der Waals surface area contributed by atoms with Crippen LogP contribution in [0.4, 0.5) is 0 Å². The molecule has 0 N–H and O–H groups in total. The second kappa shape index (κ2) is 10.3. The van der Waals surface area contributed by atoms with E-state index in [9.17, 15) is 14.4 Å².